The molecule has 0 unspecified atom stereocenters. The fourth-order valence-corrected chi connectivity index (χ4v) is 1.14. The van der Waals surface area contributed by atoms with Crippen LogP contribution < -0.4 is 10.1 Å². The smallest absolute Gasteiger partial charge is 0.206 e. The Hall–Kier alpha value is -1.63. The van der Waals surface area contributed by atoms with Crippen molar-refractivity contribution in [2.24, 2.45) is 0 Å². The van der Waals surface area contributed by atoms with Crippen LogP contribution in [-0.2, 0) is 0 Å². The minimum absolute atomic E-state index is 0.172. The first-order valence-electron chi connectivity index (χ1n) is 4.96. The number of ether oxygens (including phenoxy) is 1. The lowest BCUT2D eigenvalue weighted by atomic mass is 10.2. The van der Waals surface area contributed by atoms with Gasteiger partial charge in [-0.25, -0.2) is 13.2 Å². The van der Waals surface area contributed by atoms with Crippen molar-refractivity contribution in [3.8, 4) is 5.75 Å². The maximum absolute atomic E-state index is 13.1. The van der Waals surface area contributed by atoms with E-state index in [1.807, 2.05) is 0 Å². The van der Waals surface area contributed by atoms with Gasteiger partial charge in [0.05, 0.1) is 0 Å². The van der Waals surface area contributed by atoms with E-state index >= 15 is 0 Å². The van der Waals surface area contributed by atoms with Gasteiger partial charge in [0.2, 0.25) is 29.1 Å². The van der Waals surface area contributed by atoms with Crippen molar-refractivity contribution in [3.63, 3.8) is 0 Å². The summed E-state index contributed by atoms with van der Waals surface area (Å²) in [5, 5.41) is 2.74. The highest BCUT2D eigenvalue weighted by molar-refractivity contribution is 5.29. The monoisotopic (exact) mass is 267 g/mol. The molecule has 1 rings (SSSR count). The van der Waals surface area contributed by atoms with E-state index in [1.54, 1.807) is 6.08 Å². The first kappa shape index (κ1) is 14.4. The van der Waals surface area contributed by atoms with Gasteiger partial charge in [-0.2, -0.15) is 8.78 Å². The second-order valence-electron chi connectivity index (χ2n) is 3.24. The number of benzene rings is 1. The summed E-state index contributed by atoms with van der Waals surface area (Å²) in [6, 6.07) is 0. The van der Waals surface area contributed by atoms with Crippen molar-refractivity contribution in [3.05, 3.63) is 41.7 Å². The molecular formula is C11H10F5NO. The molecule has 0 aliphatic carbocycles. The average molecular weight is 267 g/mol. The van der Waals surface area contributed by atoms with E-state index in [2.05, 4.69) is 16.6 Å². The topological polar surface area (TPSA) is 21.3 Å². The van der Waals surface area contributed by atoms with Crippen molar-refractivity contribution in [2.75, 3.05) is 19.7 Å². The minimum atomic E-state index is -2.21. The lowest BCUT2D eigenvalue weighted by Gasteiger charge is -2.10. The van der Waals surface area contributed by atoms with Crippen molar-refractivity contribution in [1.82, 2.24) is 5.32 Å². The maximum Gasteiger partial charge on any atom is 0.206 e. The second kappa shape index (κ2) is 6.34. The molecule has 0 aliphatic heterocycles. The van der Waals surface area contributed by atoms with Crippen LogP contribution in [-0.4, -0.2) is 19.7 Å². The van der Waals surface area contributed by atoms with Gasteiger partial charge >= 0.3 is 0 Å². The molecule has 2 nitrogen and oxygen atoms in total. The third-order valence-electron chi connectivity index (χ3n) is 1.98. The van der Waals surface area contributed by atoms with Crippen LogP contribution in [0, 0.1) is 29.1 Å². The lowest BCUT2D eigenvalue weighted by molar-refractivity contribution is 0.262. The molecule has 7 heteroatoms. The van der Waals surface area contributed by atoms with Crippen LogP contribution in [0.1, 0.15) is 0 Å². The van der Waals surface area contributed by atoms with Crippen molar-refractivity contribution in [1.29, 1.82) is 0 Å². The average Bonchev–Trinajstić information content (AvgIpc) is 2.37. The summed E-state index contributed by atoms with van der Waals surface area (Å²) in [6.45, 7) is 3.77. The van der Waals surface area contributed by atoms with Crippen LogP contribution in [0.3, 0.4) is 0 Å². The number of hydrogen-bond donors (Lipinski definition) is 1. The van der Waals surface area contributed by atoms with Crippen molar-refractivity contribution < 1.29 is 26.7 Å². The van der Waals surface area contributed by atoms with Crippen LogP contribution in [0.25, 0.3) is 0 Å². The Bertz CT molecular complexity index is 421. The molecule has 0 saturated heterocycles. The van der Waals surface area contributed by atoms with Crippen LogP contribution >= 0.6 is 0 Å². The van der Waals surface area contributed by atoms with Gasteiger partial charge in [0.1, 0.15) is 6.61 Å². The van der Waals surface area contributed by atoms with E-state index in [0.717, 1.165) is 0 Å². The molecule has 0 atom stereocenters. The Morgan fingerprint density at radius 1 is 0.944 bits per heavy atom. The number of halogens is 5. The van der Waals surface area contributed by atoms with Gasteiger partial charge in [-0.3, -0.25) is 0 Å². The van der Waals surface area contributed by atoms with Crippen molar-refractivity contribution in [2.45, 2.75) is 0 Å². The molecule has 1 aromatic rings. The van der Waals surface area contributed by atoms with Gasteiger partial charge in [0.25, 0.3) is 0 Å². The number of nitrogens with one attached hydrogen (secondary N) is 1. The molecule has 0 amide bonds. The molecule has 1 aromatic carbocycles. The molecule has 0 aromatic heterocycles. The molecular weight excluding hydrogens is 257 g/mol. The molecule has 0 fully saturated rings. The maximum atomic E-state index is 13.1. The second-order valence-corrected chi connectivity index (χ2v) is 3.24. The van der Waals surface area contributed by atoms with E-state index in [0.29, 0.717) is 6.54 Å². The van der Waals surface area contributed by atoms with E-state index in [1.165, 1.54) is 0 Å². The Labute approximate surface area is 100 Å². The molecule has 0 bridgehead atoms. The molecule has 0 aliphatic rings. The fraction of sp³-hybridized carbons (Fsp3) is 0.273. The summed E-state index contributed by atoms with van der Waals surface area (Å²) in [5.41, 5.74) is 0. The van der Waals surface area contributed by atoms with Gasteiger partial charge in [-0.05, 0) is 0 Å². The zero-order chi connectivity index (χ0) is 13.7. The quantitative estimate of drug-likeness (QED) is 0.281. The highest BCUT2D eigenvalue weighted by atomic mass is 19.2. The highest BCUT2D eigenvalue weighted by Crippen LogP contribution is 2.28. The van der Waals surface area contributed by atoms with E-state index in [9.17, 15) is 22.0 Å². The molecule has 0 saturated carbocycles. The van der Waals surface area contributed by atoms with Gasteiger partial charge in [0.15, 0.2) is 5.75 Å². The first-order valence-corrected chi connectivity index (χ1v) is 4.96. The summed E-state index contributed by atoms with van der Waals surface area (Å²) in [6.07, 6.45) is 1.54. The predicted octanol–water partition coefficient (Wildman–Crippen LogP) is 2.54. The van der Waals surface area contributed by atoms with Gasteiger partial charge in [-0.1, -0.05) is 6.08 Å². The number of rotatable bonds is 6. The third kappa shape index (κ3) is 2.98. The first-order chi connectivity index (χ1) is 8.50. The largest absolute Gasteiger partial charge is 0.486 e. The molecule has 0 heterocycles. The fourth-order valence-electron chi connectivity index (χ4n) is 1.14. The van der Waals surface area contributed by atoms with Crippen LogP contribution in [0.2, 0.25) is 0 Å². The van der Waals surface area contributed by atoms with Crippen molar-refractivity contribution >= 4 is 0 Å². The summed E-state index contributed by atoms with van der Waals surface area (Å²) in [7, 11) is 0. The Morgan fingerprint density at radius 2 is 1.44 bits per heavy atom. The van der Waals surface area contributed by atoms with E-state index < -0.39 is 34.8 Å². The molecule has 18 heavy (non-hydrogen) atoms. The SMILES string of the molecule is C=CCNCCOc1c(F)c(F)c(F)c(F)c1F. The minimum Gasteiger partial charge on any atom is -0.486 e. The third-order valence-corrected chi connectivity index (χ3v) is 1.98. The van der Waals surface area contributed by atoms with E-state index in [-0.39, 0.29) is 13.2 Å². The summed E-state index contributed by atoms with van der Waals surface area (Å²) in [5.74, 6) is -11.5. The molecule has 0 spiro atoms. The molecule has 1 N–H and O–H groups in total. The molecule has 100 valence electrons. The Balaban J connectivity index is 2.80. The zero-order valence-corrected chi connectivity index (χ0v) is 9.20. The highest BCUT2D eigenvalue weighted by Gasteiger charge is 2.26. The zero-order valence-electron chi connectivity index (χ0n) is 9.20. The Kier molecular flexibility index (Phi) is 5.08. The predicted molar refractivity (Wildman–Crippen MR) is 54.8 cm³/mol. The van der Waals surface area contributed by atoms with Crippen LogP contribution in [0.15, 0.2) is 12.7 Å². The Morgan fingerprint density at radius 3 is 1.94 bits per heavy atom. The van der Waals surface area contributed by atoms with E-state index in [4.69, 9.17) is 0 Å². The lowest BCUT2D eigenvalue weighted by Crippen LogP contribution is -2.21. The van der Waals surface area contributed by atoms with Gasteiger partial charge in [0, 0.05) is 13.1 Å². The summed E-state index contributed by atoms with van der Waals surface area (Å²) < 4.78 is 68.9. The van der Waals surface area contributed by atoms with Gasteiger partial charge in [-0.15, -0.1) is 6.58 Å². The molecule has 0 radical (unpaired) electrons. The summed E-state index contributed by atoms with van der Waals surface area (Å²) in [4.78, 5) is 0. The number of hydrogen-bond acceptors (Lipinski definition) is 2. The standard InChI is InChI=1S/C11H10F5NO/c1-2-3-17-4-5-18-11-9(15)7(13)6(12)8(14)10(11)16/h2,17H,1,3-5H2. The normalized spacial score (nSPS) is 10.5. The van der Waals surface area contributed by atoms with Crippen LogP contribution in [0.4, 0.5) is 22.0 Å². The van der Waals surface area contributed by atoms with Gasteiger partial charge < -0.3 is 10.1 Å². The van der Waals surface area contributed by atoms with Crippen LogP contribution in [0.5, 0.6) is 5.75 Å². The summed E-state index contributed by atoms with van der Waals surface area (Å²) >= 11 is 0.